The highest BCUT2D eigenvalue weighted by molar-refractivity contribution is 6.08. The third-order valence-corrected chi connectivity index (χ3v) is 1.92. The van der Waals surface area contributed by atoms with Gasteiger partial charge in [0.2, 0.25) is 0 Å². The van der Waals surface area contributed by atoms with E-state index in [1.54, 1.807) is 18.0 Å². The monoisotopic (exact) mass is 207 g/mol. The minimum Gasteiger partial charge on any atom is -0.383 e. The lowest BCUT2D eigenvalue weighted by molar-refractivity contribution is 0.103. The third-order valence-electron chi connectivity index (χ3n) is 1.92. The Kier molecular flexibility index (Phi) is 3.61. The summed E-state index contributed by atoms with van der Waals surface area (Å²) in [5.41, 5.74) is 1.14. The molecular formula is C12H14FNO. The molecule has 0 heterocycles. The van der Waals surface area contributed by atoms with Crippen LogP contribution in [0.2, 0.25) is 0 Å². The fourth-order valence-corrected chi connectivity index (χ4v) is 1.27. The van der Waals surface area contributed by atoms with E-state index in [1.165, 1.54) is 24.3 Å². The number of allylic oxidation sites excluding steroid dienone is 1. The van der Waals surface area contributed by atoms with Crippen LogP contribution >= 0.6 is 0 Å². The Balaban J connectivity index is 2.90. The van der Waals surface area contributed by atoms with Crippen molar-refractivity contribution in [3.63, 3.8) is 0 Å². The maximum absolute atomic E-state index is 12.6. The number of Topliss-reactive ketones (excluding diaryl/α,β-unsaturated/α-hetero) is 1. The van der Waals surface area contributed by atoms with Gasteiger partial charge >= 0.3 is 0 Å². The minimum absolute atomic E-state index is 0.0799. The minimum atomic E-state index is -0.333. The molecule has 80 valence electrons. The Morgan fingerprint density at radius 3 is 2.27 bits per heavy atom. The van der Waals surface area contributed by atoms with E-state index in [0.29, 0.717) is 11.1 Å². The van der Waals surface area contributed by atoms with E-state index in [-0.39, 0.29) is 11.6 Å². The van der Waals surface area contributed by atoms with Crippen LogP contribution in [0.5, 0.6) is 0 Å². The normalized spacial score (nSPS) is 11.3. The van der Waals surface area contributed by atoms with Crippen molar-refractivity contribution in [3.05, 3.63) is 47.4 Å². The summed E-state index contributed by atoms with van der Waals surface area (Å²) < 4.78 is 12.6. The predicted molar refractivity (Wildman–Crippen MR) is 58.2 cm³/mol. The zero-order valence-corrected chi connectivity index (χ0v) is 9.12. The van der Waals surface area contributed by atoms with Gasteiger partial charge in [0, 0.05) is 31.4 Å². The fourth-order valence-electron chi connectivity index (χ4n) is 1.27. The molecule has 1 aromatic rings. The lowest BCUT2D eigenvalue weighted by Gasteiger charge is -2.07. The molecule has 0 saturated carbocycles. The first-order valence-corrected chi connectivity index (χ1v) is 4.66. The second-order valence-corrected chi connectivity index (χ2v) is 3.61. The van der Waals surface area contributed by atoms with Crippen molar-refractivity contribution >= 4 is 5.78 Å². The number of carbonyl (C=O) groups excluding carboxylic acids is 1. The lowest BCUT2D eigenvalue weighted by Crippen LogP contribution is -2.07. The number of ketones is 1. The average molecular weight is 207 g/mol. The quantitative estimate of drug-likeness (QED) is 0.560. The Hall–Kier alpha value is -1.64. The zero-order chi connectivity index (χ0) is 11.4. The van der Waals surface area contributed by atoms with Crippen molar-refractivity contribution in [1.82, 2.24) is 4.90 Å². The number of benzene rings is 1. The van der Waals surface area contributed by atoms with E-state index >= 15 is 0 Å². The van der Waals surface area contributed by atoms with Gasteiger partial charge in [-0.25, -0.2) is 4.39 Å². The van der Waals surface area contributed by atoms with Crippen LogP contribution in [0.3, 0.4) is 0 Å². The first-order chi connectivity index (χ1) is 7.00. The van der Waals surface area contributed by atoms with Gasteiger partial charge in [0.25, 0.3) is 0 Å². The summed E-state index contributed by atoms with van der Waals surface area (Å²) >= 11 is 0. The van der Waals surface area contributed by atoms with Crippen molar-refractivity contribution in [2.45, 2.75) is 6.92 Å². The number of carbonyl (C=O) groups is 1. The van der Waals surface area contributed by atoms with Crippen LogP contribution in [0.1, 0.15) is 17.3 Å². The Morgan fingerprint density at radius 1 is 1.27 bits per heavy atom. The highest BCUT2D eigenvalue weighted by Gasteiger charge is 2.07. The molecule has 1 rings (SSSR count). The molecule has 0 aliphatic rings. The van der Waals surface area contributed by atoms with Crippen LogP contribution in [0, 0.1) is 5.82 Å². The van der Waals surface area contributed by atoms with E-state index in [9.17, 15) is 9.18 Å². The number of nitrogens with zero attached hydrogens (tertiary/aromatic N) is 1. The molecule has 2 nitrogen and oxygen atoms in total. The van der Waals surface area contributed by atoms with Gasteiger partial charge < -0.3 is 4.90 Å². The molecule has 15 heavy (non-hydrogen) atoms. The molecule has 0 amide bonds. The molecule has 3 heteroatoms. The van der Waals surface area contributed by atoms with Crippen molar-refractivity contribution < 1.29 is 9.18 Å². The van der Waals surface area contributed by atoms with Crippen LogP contribution in [-0.4, -0.2) is 24.8 Å². The van der Waals surface area contributed by atoms with Crippen molar-refractivity contribution in [2.24, 2.45) is 0 Å². The largest absolute Gasteiger partial charge is 0.383 e. The molecule has 0 fully saturated rings. The first-order valence-electron chi connectivity index (χ1n) is 4.66. The number of hydrogen-bond acceptors (Lipinski definition) is 2. The van der Waals surface area contributed by atoms with E-state index in [2.05, 4.69) is 0 Å². The second-order valence-electron chi connectivity index (χ2n) is 3.61. The van der Waals surface area contributed by atoms with Gasteiger partial charge in [-0.3, -0.25) is 4.79 Å². The molecule has 1 aromatic carbocycles. The SMILES string of the molecule is C/C(=C/N(C)C)C(=O)c1ccc(F)cc1. The highest BCUT2D eigenvalue weighted by atomic mass is 19.1. The van der Waals surface area contributed by atoms with Crippen molar-refractivity contribution in [3.8, 4) is 0 Å². The lowest BCUT2D eigenvalue weighted by atomic mass is 10.1. The third kappa shape index (κ3) is 3.20. The van der Waals surface area contributed by atoms with Crippen molar-refractivity contribution in [2.75, 3.05) is 14.1 Å². The van der Waals surface area contributed by atoms with Crippen LogP contribution in [0.15, 0.2) is 36.0 Å². The van der Waals surface area contributed by atoms with E-state index < -0.39 is 0 Å². The van der Waals surface area contributed by atoms with Gasteiger partial charge in [-0.15, -0.1) is 0 Å². The number of halogens is 1. The maximum Gasteiger partial charge on any atom is 0.190 e. The van der Waals surface area contributed by atoms with Crippen LogP contribution < -0.4 is 0 Å². The fraction of sp³-hybridized carbons (Fsp3) is 0.250. The summed E-state index contributed by atoms with van der Waals surface area (Å²) in [7, 11) is 3.70. The molecule has 0 aliphatic heterocycles. The molecule has 0 spiro atoms. The molecule has 0 saturated heterocycles. The van der Waals surface area contributed by atoms with Crippen LogP contribution in [-0.2, 0) is 0 Å². The summed E-state index contributed by atoms with van der Waals surface area (Å²) in [6, 6.07) is 5.56. The van der Waals surface area contributed by atoms with Gasteiger partial charge in [-0.1, -0.05) is 0 Å². The van der Waals surface area contributed by atoms with Gasteiger partial charge in [0.1, 0.15) is 5.82 Å². The Morgan fingerprint density at radius 2 is 1.80 bits per heavy atom. The average Bonchev–Trinajstić information content (AvgIpc) is 2.17. The zero-order valence-electron chi connectivity index (χ0n) is 9.12. The maximum atomic E-state index is 12.6. The van der Waals surface area contributed by atoms with E-state index in [1.807, 2.05) is 14.1 Å². The summed E-state index contributed by atoms with van der Waals surface area (Å²) in [6.45, 7) is 1.74. The predicted octanol–water partition coefficient (Wildman–Crippen LogP) is 2.47. The standard InChI is InChI=1S/C12H14FNO/c1-9(8-14(2)3)12(15)10-4-6-11(13)7-5-10/h4-8H,1-3H3/b9-8-. The molecule has 0 aliphatic carbocycles. The first kappa shape index (κ1) is 11.4. The van der Waals surface area contributed by atoms with Gasteiger partial charge in [-0.2, -0.15) is 0 Å². The van der Waals surface area contributed by atoms with E-state index in [4.69, 9.17) is 0 Å². The van der Waals surface area contributed by atoms with E-state index in [0.717, 1.165) is 0 Å². The molecular weight excluding hydrogens is 193 g/mol. The molecule has 0 bridgehead atoms. The van der Waals surface area contributed by atoms with Gasteiger partial charge in [-0.05, 0) is 31.2 Å². The summed E-state index contributed by atoms with van der Waals surface area (Å²) in [5, 5.41) is 0. The summed E-state index contributed by atoms with van der Waals surface area (Å²) in [5.74, 6) is -0.413. The Labute approximate surface area is 89.0 Å². The molecule has 0 unspecified atom stereocenters. The topological polar surface area (TPSA) is 20.3 Å². The molecule has 0 aromatic heterocycles. The molecule has 0 N–H and O–H groups in total. The van der Waals surface area contributed by atoms with Crippen molar-refractivity contribution in [1.29, 1.82) is 0 Å². The summed E-state index contributed by atoms with van der Waals surface area (Å²) in [4.78, 5) is 13.6. The van der Waals surface area contributed by atoms with Crippen LogP contribution in [0.25, 0.3) is 0 Å². The highest BCUT2D eigenvalue weighted by Crippen LogP contribution is 2.09. The van der Waals surface area contributed by atoms with Gasteiger partial charge in [0.05, 0.1) is 0 Å². The molecule has 0 radical (unpaired) electrons. The summed E-state index contributed by atoms with van der Waals surface area (Å²) in [6.07, 6.45) is 1.74. The number of rotatable bonds is 3. The van der Waals surface area contributed by atoms with Gasteiger partial charge in [0.15, 0.2) is 5.78 Å². The number of hydrogen-bond donors (Lipinski definition) is 0. The second kappa shape index (κ2) is 4.73. The smallest absolute Gasteiger partial charge is 0.190 e. The molecule has 0 atom stereocenters. The van der Waals surface area contributed by atoms with Crippen LogP contribution in [0.4, 0.5) is 4.39 Å². The Bertz CT molecular complexity index is 379.